The molecule has 0 bridgehead atoms. The third-order valence-corrected chi connectivity index (χ3v) is 4.88. The molecule has 1 heterocycles. The average molecular weight is 409 g/mol. The van der Waals surface area contributed by atoms with Crippen LogP contribution in [0.2, 0.25) is 0 Å². The first-order chi connectivity index (χ1) is 14.2. The SMILES string of the molecule is CC(C)(C)OC(=O)NC1C=CCc2c1c(O)n(CCCc1cccc(C#N)c1)c2O. The topological polar surface area (TPSA) is 108 Å². The zero-order valence-electron chi connectivity index (χ0n) is 17.5. The highest BCUT2D eigenvalue weighted by Crippen LogP contribution is 2.41. The number of fused-ring (bicyclic) bond motifs is 1. The summed E-state index contributed by atoms with van der Waals surface area (Å²) in [5.41, 5.74) is 2.09. The van der Waals surface area contributed by atoms with Gasteiger partial charge in [0.25, 0.3) is 0 Å². The van der Waals surface area contributed by atoms with Crippen molar-refractivity contribution in [2.75, 3.05) is 0 Å². The summed E-state index contributed by atoms with van der Waals surface area (Å²) in [4.78, 5) is 12.2. The lowest BCUT2D eigenvalue weighted by Gasteiger charge is -2.23. The number of alkyl carbamates (subject to hydrolysis) is 1. The number of hydrogen-bond donors (Lipinski definition) is 3. The van der Waals surface area contributed by atoms with Gasteiger partial charge in [-0.25, -0.2) is 4.79 Å². The van der Waals surface area contributed by atoms with Gasteiger partial charge in [-0.3, -0.25) is 4.57 Å². The van der Waals surface area contributed by atoms with Crippen molar-refractivity contribution < 1.29 is 19.7 Å². The highest BCUT2D eigenvalue weighted by atomic mass is 16.6. The van der Waals surface area contributed by atoms with E-state index in [2.05, 4.69) is 11.4 Å². The molecule has 0 spiro atoms. The lowest BCUT2D eigenvalue weighted by atomic mass is 9.96. The monoisotopic (exact) mass is 409 g/mol. The molecule has 158 valence electrons. The quantitative estimate of drug-likeness (QED) is 0.645. The minimum absolute atomic E-state index is 0.00798. The summed E-state index contributed by atoms with van der Waals surface area (Å²) in [6.07, 6.45) is 4.88. The summed E-state index contributed by atoms with van der Waals surface area (Å²) in [6.45, 7) is 5.74. The van der Waals surface area contributed by atoms with Gasteiger partial charge >= 0.3 is 6.09 Å². The summed E-state index contributed by atoms with van der Waals surface area (Å²) < 4.78 is 6.78. The second kappa shape index (κ2) is 8.54. The summed E-state index contributed by atoms with van der Waals surface area (Å²) in [6, 6.07) is 8.93. The molecule has 1 aromatic heterocycles. The van der Waals surface area contributed by atoms with Crippen molar-refractivity contribution in [3.63, 3.8) is 0 Å². The fraction of sp³-hybridized carbons (Fsp3) is 0.391. The maximum Gasteiger partial charge on any atom is 0.408 e. The van der Waals surface area contributed by atoms with Crippen molar-refractivity contribution in [1.29, 1.82) is 5.26 Å². The summed E-state index contributed by atoms with van der Waals surface area (Å²) in [5.74, 6) is -0.0488. The van der Waals surface area contributed by atoms with Crippen LogP contribution < -0.4 is 5.32 Å². The van der Waals surface area contributed by atoms with Crippen LogP contribution >= 0.6 is 0 Å². The number of ether oxygens (including phenoxy) is 1. The fourth-order valence-corrected chi connectivity index (χ4v) is 3.61. The molecule has 0 aliphatic heterocycles. The van der Waals surface area contributed by atoms with E-state index >= 15 is 0 Å². The molecule has 30 heavy (non-hydrogen) atoms. The Balaban J connectivity index is 1.73. The van der Waals surface area contributed by atoms with E-state index in [0.29, 0.717) is 42.5 Å². The number of nitrogens with one attached hydrogen (secondary N) is 1. The number of nitrogens with zero attached hydrogens (tertiary/aromatic N) is 2. The van der Waals surface area contributed by atoms with Gasteiger partial charge in [0.1, 0.15) is 5.60 Å². The van der Waals surface area contributed by atoms with E-state index in [-0.39, 0.29) is 11.8 Å². The largest absolute Gasteiger partial charge is 0.494 e. The van der Waals surface area contributed by atoms with Crippen molar-refractivity contribution in [2.24, 2.45) is 0 Å². The van der Waals surface area contributed by atoms with Crippen molar-refractivity contribution >= 4 is 6.09 Å². The first kappa shape index (κ1) is 21.3. The van der Waals surface area contributed by atoms with Crippen LogP contribution in [0.1, 0.15) is 55.5 Å². The van der Waals surface area contributed by atoms with E-state index in [1.807, 2.05) is 24.3 Å². The third-order valence-electron chi connectivity index (χ3n) is 4.88. The molecule has 3 N–H and O–H groups in total. The average Bonchev–Trinajstić information content (AvgIpc) is 2.92. The van der Waals surface area contributed by atoms with Gasteiger partial charge in [0, 0.05) is 17.7 Å². The van der Waals surface area contributed by atoms with Gasteiger partial charge in [0.2, 0.25) is 0 Å². The summed E-state index contributed by atoms with van der Waals surface area (Å²) in [7, 11) is 0. The van der Waals surface area contributed by atoms with Crippen molar-refractivity contribution in [2.45, 2.75) is 58.2 Å². The first-order valence-corrected chi connectivity index (χ1v) is 9.98. The molecule has 1 amide bonds. The van der Waals surface area contributed by atoms with Crippen LogP contribution in [0.15, 0.2) is 36.4 Å². The minimum atomic E-state index is -0.635. The Morgan fingerprint density at radius 2 is 2.10 bits per heavy atom. The van der Waals surface area contributed by atoms with E-state index in [0.717, 1.165) is 5.56 Å². The number of aryl methyl sites for hydroxylation is 1. The number of hydrogen-bond acceptors (Lipinski definition) is 5. The summed E-state index contributed by atoms with van der Waals surface area (Å²) >= 11 is 0. The number of aromatic hydroxyl groups is 2. The number of amides is 1. The molecular weight excluding hydrogens is 382 g/mol. The maximum absolute atomic E-state index is 12.2. The predicted molar refractivity (Wildman–Crippen MR) is 112 cm³/mol. The van der Waals surface area contributed by atoms with E-state index < -0.39 is 17.7 Å². The van der Waals surface area contributed by atoms with Gasteiger partial charge in [0.15, 0.2) is 11.8 Å². The number of nitriles is 1. The van der Waals surface area contributed by atoms with Crippen LogP contribution in [0.25, 0.3) is 0 Å². The van der Waals surface area contributed by atoms with Crippen molar-refractivity contribution in [3.8, 4) is 17.8 Å². The van der Waals surface area contributed by atoms with Gasteiger partial charge in [-0.05, 0) is 57.7 Å². The van der Waals surface area contributed by atoms with Gasteiger partial charge in [0.05, 0.1) is 17.7 Å². The van der Waals surface area contributed by atoms with Crippen LogP contribution in [-0.2, 0) is 24.1 Å². The first-order valence-electron chi connectivity index (χ1n) is 9.98. The molecule has 1 unspecified atom stereocenters. The Kier molecular flexibility index (Phi) is 6.06. The van der Waals surface area contributed by atoms with E-state index in [4.69, 9.17) is 10.00 Å². The maximum atomic E-state index is 12.2. The Bertz CT molecular complexity index is 1010. The fourth-order valence-electron chi connectivity index (χ4n) is 3.61. The van der Waals surface area contributed by atoms with Crippen molar-refractivity contribution in [3.05, 3.63) is 58.7 Å². The van der Waals surface area contributed by atoms with Crippen LogP contribution in [0.5, 0.6) is 11.8 Å². The molecule has 1 aromatic carbocycles. The molecule has 1 atom stereocenters. The molecule has 0 saturated carbocycles. The van der Waals surface area contributed by atoms with E-state index in [1.165, 1.54) is 4.57 Å². The number of benzene rings is 1. The third kappa shape index (κ3) is 4.77. The number of aromatic nitrogens is 1. The van der Waals surface area contributed by atoms with Crippen LogP contribution in [0.3, 0.4) is 0 Å². The Morgan fingerprint density at radius 1 is 1.33 bits per heavy atom. The van der Waals surface area contributed by atoms with Crippen LogP contribution in [0, 0.1) is 11.3 Å². The Morgan fingerprint density at radius 3 is 2.80 bits per heavy atom. The summed E-state index contributed by atoms with van der Waals surface area (Å²) in [5, 5.41) is 33.2. The lowest BCUT2D eigenvalue weighted by Crippen LogP contribution is -2.35. The molecule has 7 nitrogen and oxygen atoms in total. The number of carbonyl (C=O) groups is 1. The van der Waals surface area contributed by atoms with Gasteiger partial charge in [-0.1, -0.05) is 24.3 Å². The molecule has 3 rings (SSSR count). The second-order valence-electron chi connectivity index (χ2n) is 8.36. The van der Waals surface area contributed by atoms with Gasteiger partial charge in [-0.15, -0.1) is 0 Å². The van der Waals surface area contributed by atoms with Crippen LogP contribution in [-0.4, -0.2) is 26.5 Å². The smallest absolute Gasteiger partial charge is 0.408 e. The molecule has 7 heteroatoms. The second-order valence-corrected chi connectivity index (χ2v) is 8.36. The molecular formula is C23H27N3O4. The molecule has 1 aliphatic carbocycles. The normalized spacial score (nSPS) is 15.3. The van der Waals surface area contributed by atoms with E-state index in [1.54, 1.807) is 32.9 Å². The minimum Gasteiger partial charge on any atom is -0.494 e. The van der Waals surface area contributed by atoms with Crippen LogP contribution in [0.4, 0.5) is 4.79 Å². The number of allylic oxidation sites excluding steroid dienone is 1. The van der Waals surface area contributed by atoms with E-state index in [9.17, 15) is 15.0 Å². The molecule has 0 fully saturated rings. The molecule has 1 aliphatic rings. The zero-order chi connectivity index (χ0) is 21.9. The molecule has 0 radical (unpaired) electrons. The molecule has 0 saturated heterocycles. The molecule has 2 aromatic rings. The predicted octanol–water partition coefficient (Wildman–Crippen LogP) is 4.08. The lowest BCUT2D eigenvalue weighted by molar-refractivity contribution is 0.0513. The van der Waals surface area contributed by atoms with Gasteiger partial charge < -0.3 is 20.3 Å². The Hall–Kier alpha value is -3.40. The van der Waals surface area contributed by atoms with Gasteiger partial charge in [-0.2, -0.15) is 5.26 Å². The number of carbonyl (C=O) groups excluding carboxylic acids is 1. The Labute approximate surface area is 176 Å². The standard InChI is InChI=1S/C23H27N3O4/c1-23(2,3)30-22(29)25-18-11-5-10-17-19(18)21(28)26(20(17)27)12-6-9-15-7-4-8-16(13-15)14-24/h4-5,7-8,11,13,18,27-28H,6,9-10,12H2,1-3H3,(H,25,29). The number of rotatable bonds is 5. The zero-order valence-corrected chi connectivity index (χ0v) is 17.5. The van der Waals surface area contributed by atoms with Crippen molar-refractivity contribution in [1.82, 2.24) is 9.88 Å². The highest BCUT2D eigenvalue weighted by molar-refractivity contribution is 5.70. The highest BCUT2D eigenvalue weighted by Gasteiger charge is 2.30.